The number of nitrogens with zero attached hydrogens (tertiary/aromatic N) is 3. The number of carbonyl (C=O) groups excluding carboxylic acids is 1. The molecular weight excluding hydrogens is 286 g/mol. The molecule has 21 heavy (non-hydrogen) atoms. The van der Waals surface area contributed by atoms with Gasteiger partial charge in [0.25, 0.3) is 0 Å². The van der Waals surface area contributed by atoms with Gasteiger partial charge in [-0.05, 0) is 24.0 Å². The predicted octanol–water partition coefficient (Wildman–Crippen LogP) is 2.62. The van der Waals surface area contributed by atoms with Crippen molar-refractivity contribution < 1.29 is 9.32 Å². The molecule has 0 N–H and O–H groups in total. The highest BCUT2D eigenvalue weighted by Crippen LogP contribution is 2.27. The van der Waals surface area contributed by atoms with Gasteiger partial charge in [-0.15, -0.1) is 11.8 Å². The molecule has 0 aliphatic carbocycles. The molecule has 1 fully saturated rings. The molecule has 0 bridgehead atoms. The Hall–Kier alpha value is -1.82. The molecule has 3 rings (SSSR count). The fraction of sp³-hybridized carbons (Fsp3) is 0.400. The average Bonchev–Trinajstić information content (AvgIpc) is 3.07. The van der Waals surface area contributed by atoms with Gasteiger partial charge < -0.3 is 9.42 Å². The van der Waals surface area contributed by atoms with E-state index >= 15 is 0 Å². The third-order valence-electron chi connectivity index (χ3n) is 3.66. The van der Waals surface area contributed by atoms with E-state index in [2.05, 4.69) is 40.7 Å². The van der Waals surface area contributed by atoms with E-state index in [4.69, 9.17) is 4.52 Å². The molecule has 1 saturated heterocycles. The van der Waals surface area contributed by atoms with Gasteiger partial charge in [0.15, 0.2) is 5.82 Å². The molecule has 0 saturated carbocycles. The largest absolute Gasteiger partial charge is 0.340 e. The molecule has 1 unspecified atom stereocenters. The molecule has 1 atom stereocenters. The van der Waals surface area contributed by atoms with Crippen LogP contribution in [-0.4, -0.2) is 33.7 Å². The van der Waals surface area contributed by atoms with Gasteiger partial charge in [0.1, 0.15) is 0 Å². The molecule has 1 aromatic carbocycles. The van der Waals surface area contributed by atoms with Crippen LogP contribution in [0.1, 0.15) is 29.6 Å². The summed E-state index contributed by atoms with van der Waals surface area (Å²) < 4.78 is 5.00. The number of benzene rings is 1. The van der Waals surface area contributed by atoms with E-state index in [0.29, 0.717) is 31.2 Å². The smallest absolute Gasteiger partial charge is 0.223 e. The van der Waals surface area contributed by atoms with Crippen LogP contribution in [0.3, 0.4) is 0 Å². The van der Waals surface area contributed by atoms with Crippen molar-refractivity contribution in [2.45, 2.75) is 30.7 Å². The summed E-state index contributed by atoms with van der Waals surface area (Å²) in [4.78, 5) is 19.5. The lowest BCUT2D eigenvalue weighted by Crippen LogP contribution is -2.24. The molecule has 1 aromatic heterocycles. The normalized spacial score (nSPS) is 18.5. The number of amides is 1. The molecule has 0 radical (unpaired) electrons. The summed E-state index contributed by atoms with van der Waals surface area (Å²) in [6, 6.07) is 8.32. The van der Waals surface area contributed by atoms with E-state index in [1.54, 1.807) is 18.7 Å². The summed E-state index contributed by atoms with van der Waals surface area (Å²) in [5.74, 6) is 1.38. The third kappa shape index (κ3) is 3.10. The first-order valence-corrected chi connectivity index (χ1v) is 8.09. The SMILES string of the molecule is CSc1ccc(CN2CC(c3noc(C)n3)CC2=O)cc1. The Balaban J connectivity index is 1.67. The summed E-state index contributed by atoms with van der Waals surface area (Å²) in [5.41, 5.74) is 1.14. The van der Waals surface area contributed by atoms with Crippen LogP contribution >= 0.6 is 11.8 Å². The van der Waals surface area contributed by atoms with Gasteiger partial charge in [-0.3, -0.25) is 4.79 Å². The number of thioether (sulfide) groups is 1. The second-order valence-electron chi connectivity index (χ2n) is 5.19. The second-order valence-corrected chi connectivity index (χ2v) is 6.07. The molecule has 0 spiro atoms. The van der Waals surface area contributed by atoms with Crippen LogP contribution in [0.2, 0.25) is 0 Å². The minimum absolute atomic E-state index is 0.0421. The van der Waals surface area contributed by atoms with Gasteiger partial charge in [-0.25, -0.2) is 0 Å². The Labute approximate surface area is 127 Å². The number of rotatable bonds is 4. The zero-order chi connectivity index (χ0) is 14.8. The molecule has 6 heteroatoms. The average molecular weight is 303 g/mol. The van der Waals surface area contributed by atoms with Gasteiger partial charge in [0.2, 0.25) is 11.8 Å². The number of aryl methyl sites for hydroxylation is 1. The van der Waals surface area contributed by atoms with Crippen molar-refractivity contribution in [3.05, 3.63) is 41.5 Å². The van der Waals surface area contributed by atoms with Gasteiger partial charge in [0.05, 0.1) is 0 Å². The van der Waals surface area contributed by atoms with Gasteiger partial charge in [0, 0.05) is 37.2 Å². The lowest BCUT2D eigenvalue weighted by molar-refractivity contribution is -0.128. The fourth-order valence-electron chi connectivity index (χ4n) is 2.53. The second kappa shape index (κ2) is 5.89. The van der Waals surface area contributed by atoms with Crippen molar-refractivity contribution >= 4 is 17.7 Å². The lowest BCUT2D eigenvalue weighted by atomic mass is 10.1. The molecule has 1 amide bonds. The minimum atomic E-state index is 0.0421. The minimum Gasteiger partial charge on any atom is -0.340 e. The summed E-state index contributed by atoms with van der Waals surface area (Å²) in [5, 5.41) is 3.93. The highest BCUT2D eigenvalue weighted by Gasteiger charge is 2.33. The van der Waals surface area contributed by atoms with E-state index in [-0.39, 0.29) is 11.8 Å². The van der Waals surface area contributed by atoms with Crippen molar-refractivity contribution in [1.29, 1.82) is 0 Å². The van der Waals surface area contributed by atoms with E-state index in [1.807, 2.05) is 4.90 Å². The van der Waals surface area contributed by atoms with Crippen molar-refractivity contribution in [3.8, 4) is 0 Å². The first-order chi connectivity index (χ1) is 10.2. The standard InChI is InChI=1S/C15H17N3O2S/c1-10-16-15(17-20-10)12-7-14(19)18(9-12)8-11-3-5-13(21-2)6-4-11/h3-6,12H,7-9H2,1-2H3. The Morgan fingerprint density at radius 1 is 1.38 bits per heavy atom. The Kier molecular flexibility index (Phi) is 3.96. The van der Waals surface area contributed by atoms with E-state index in [0.717, 1.165) is 5.56 Å². The molecule has 2 aromatic rings. The molecule has 1 aliphatic rings. The first kappa shape index (κ1) is 14.1. The van der Waals surface area contributed by atoms with Crippen LogP contribution in [0.25, 0.3) is 0 Å². The van der Waals surface area contributed by atoms with E-state index in [1.165, 1.54) is 4.90 Å². The molecule has 110 valence electrons. The quantitative estimate of drug-likeness (QED) is 0.813. The first-order valence-electron chi connectivity index (χ1n) is 6.86. The highest BCUT2D eigenvalue weighted by molar-refractivity contribution is 7.98. The zero-order valence-electron chi connectivity index (χ0n) is 12.1. The number of hydrogen-bond acceptors (Lipinski definition) is 5. The van der Waals surface area contributed by atoms with Gasteiger partial charge in [-0.2, -0.15) is 4.98 Å². The molecule has 1 aliphatic heterocycles. The summed E-state index contributed by atoms with van der Waals surface area (Å²) in [6.45, 7) is 3.06. The van der Waals surface area contributed by atoms with Crippen molar-refractivity contribution in [2.24, 2.45) is 0 Å². The van der Waals surface area contributed by atoms with Crippen LogP contribution in [-0.2, 0) is 11.3 Å². The number of likely N-dealkylation sites (tertiary alicyclic amines) is 1. The summed E-state index contributed by atoms with van der Waals surface area (Å²) >= 11 is 1.71. The van der Waals surface area contributed by atoms with Crippen LogP contribution in [0.5, 0.6) is 0 Å². The number of carbonyl (C=O) groups is 1. The number of aromatic nitrogens is 2. The maximum Gasteiger partial charge on any atom is 0.223 e. The monoisotopic (exact) mass is 303 g/mol. The topological polar surface area (TPSA) is 59.2 Å². The Morgan fingerprint density at radius 2 is 2.14 bits per heavy atom. The lowest BCUT2D eigenvalue weighted by Gasteiger charge is -2.16. The molecular formula is C15H17N3O2S. The summed E-state index contributed by atoms with van der Waals surface area (Å²) in [7, 11) is 0. The van der Waals surface area contributed by atoms with Gasteiger partial charge in [-0.1, -0.05) is 17.3 Å². The molecule has 5 nitrogen and oxygen atoms in total. The van der Waals surface area contributed by atoms with Crippen molar-refractivity contribution in [3.63, 3.8) is 0 Å². The maximum atomic E-state index is 12.1. The van der Waals surface area contributed by atoms with Crippen LogP contribution in [0.4, 0.5) is 0 Å². The van der Waals surface area contributed by atoms with Crippen LogP contribution < -0.4 is 0 Å². The maximum absolute atomic E-state index is 12.1. The van der Waals surface area contributed by atoms with Crippen molar-refractivity contribution in [2.75, 3.05) is 12.8 Å². The van der Waals surface area contributed by atoms with Crippen LogP contribution in [0, 0.1) is 6.92 Å². The summed E-state index contributed by atoms with van der Waals surface area (Å²) in [6.07, 6.45) is 2.51. The third-order valence-corrected chi connectivity index (χ3v) is 4.40. The Morgan fingerprint density at radius 3 is 2.76 bits per heavy atom. The number of hydrogen-bond donors (Lipinski definition) is 0. The Bertz CT molecular complexity index is 639. The highest BCUT2D eigenvalue weighted by atomic mass is 32.2. The van der Waals surface area contributed by atoms with E-state index in [9.17, 15) is 4.79 Å². The molecule has 2 heterocycles. The van der Waals surface area contributed by atoms with Crippen molar-refractivity contribution in [1.82, 2.24) is 15.0 Å². The van der Waals surface area contributed by atoms with Gasteiger partial charge >= 0.3 is 0 Å². The zero-order valence-corrected chi connectivity index (χ0v) is 12.9. The van der Waals surface area contributed by atoms with Crippen LogP contribution in [0.15, 0.2) is 33.7 Å². The predicted molar refractivity (Wildman–Crippen MR) is 80.0 cm³/mol. The van der Waals surface area contributed by atoms with E-state index < -0.39 is 0 Å². The fourth-order valence-corrected chi connectivity index (χ4v) is 2.94.